The van der Waals surface area contributed by atoms with Crippen molar-refractivity contribution in [3.63, 3.8) is 0 Å². The number of hydrogen-bond donors (Lipinski definition) is 2. The Hall–Kier alpha value is 0.230. The van der Waals surface area contributed by atoms with Crippen molar-refractivity contribution in [1.82, 2.24) is 15.5 Å². The van der Waals surface area contributed by atoms with Gasteiger partial charge in [-0.1, -0.05) is 0 Å². The van der Waals surface area contributed by atoms with E-state index in [1.165, 1.54) is 24.6 Å². The minimum atomic E-state index is 0.597. The van der Waals surface area contributed by atoms with Crippen LogP contribution in [0.4, 0.5) is 0 Å². The van der Waals surface area contributed by atoms with Gasteiger partial charge in [0, 0.05) is 44.2 Å². The SMILES string of the molecule is C1CNC(N2CCSCC2)CN1. The van der Waals surface area contributed by atoms with Crippen molar-refractivity contribution in [2.45, 2.75) is 6.17 Å². The third-order valence-electron chi connectivity index (χ3n) is 2.51. The Morgan fingerprint density at radius 3 is 2.67 bits per heavy atom. The molecule has 4 heteroatoms. The van der Waals surface area contributed by atoms with Gasteiger partial charge in [-0.15, -0.1) is 0 Å². The van der Waals surface area contributed by atoms with Crippen molar-refractivity contribution < 1.29 is 0 Å². The minimum absolute atomic E-state index is 0.597. The summed E-state index contributed by atoms with van der Waals surface area (Å²) in [6.45, 7) is 5.87. The first-order chi connectivity index (χ1) is 5.97. The van der Waals surface area contributed by atoms with E-state index >= 15 is 0 Å². The lowest BCUT2D eigenvalue weighted by Crippen LogP contribution is -2.58. The zero-order chi connectivity index (χ0) is 8.23. The van der Waals surface area contributed by atoms with E-state index in [2.05, 4.69) is 27.3 Å². The van der Waals surface area contributed by atoms with Crippen LogP contribution in [-0.4, -0.2) is 55.3 Å². The number of rotatable bonds is 1. The highest BCUT2D eigenvalue weighted by atomic mass is 32.2. The van der Waals surface area contributed by atoms with Crippen molar-refractivity contribution in [2.24, 2.45) is 0 Å². The van der Waals surface area contributed by atoms with Gasteiger partial charge in [0.25, 0.3) is 0 Å². The van der Waals surface area contributed by atoms with Crippen molar-refractivity contribution >= 4 is 11.8 Å². The van der Waals surface area contributed by atoms with Gasteiger partial charge in [-0.3, -0.25) is 10.2 Å². The largest absolute Gasteiger partial charge is 0.313 e. The Balaban J connectivity index is 1.80. The van der Waals surface area contributed by atoms with Crippen LogP contribution in [0.5, 0.6) is 0 Å². The van der Waals surface area contributed by atoms with Gasteiger partial charge in [-0.25, -0.2) is 0 Å². The van der Waals surface area contributed by atoms with Gasteiger partial charge in [0.05, 0.1) is 6.17 Å². The van der Waals surface area contributed by atoms with Crippen LogP contribution in [0.3, 0.4) is 0 Å². The van der Waals surface area contributed by atoms with Crippen molar-refractivity contribution in [3.8, 4) is 0 Å². The Morgan fingerprint density at radius 2 is 2.00 bits per heavy atom. The molecule has 0 spiro atoms. The quantitative estimate of drug-likeness (QED) is 0.582. The van der Waals surface area contributed by atoms with Crippen LogP contribution in [-0.2, 0) is 0 Å². The van der Waals surface area contributed by atoms with Gasteiger partial charge >= 0.3 is 0 Å². The molecule has 2 aliphatic heterocycles. The second-order valence-electron chi connectivity index (χ2n) is 3.32. The molecule has 0 saturated carbocycles. The standard InChI is InChI=1S/C8H17N3S/c1-2-10-8(7-9-1)11-3-5-12-6-4-11/h8-10H,1-7H2. The van der Waals surface area contributed by atoms with Crippen molar-refractivity contribution in [2.75, 3.05) is 44.2 Å². The predicted molar refractivity (Wildman–Crippen MR) is 53.6 cm³/mol. The van der Waals surface area contributed by atoms with Crippen molar-refractivity contribution in [1.29, 1.82) is 0 Å². The predicted octanol–water partition coefficient (Wildman–Crippen LogP) is -0.446. The molecule has 2 rings (SSSR count). The summed E-state index contributed by atoms with van der Waals surface area (Å²) >= 11 is 2.07. The third-order valence-corrected chi connectivity index (χ3v) is 3.45. The summed E-state index contributed by atoms with van der Waals surface area (Å²) in [5, 5.41) is 6.96. The van der Waals surface area contributed by atoms with Gasteiger partial charge in [0.2, 0.25) is 0 Å². The Bertz CT molecular complexity index is 114. The topological polar surface area (TPSA) is 27.3 Å². The number of piperazine rings is 1. The zero-order valence-corrected chi connectivity index (χ0v) is 8.20. The summed E-state index contributed by atoms with van der Waals surface area (Å²) in [7, 11) is 0. The number of nitrogens with one attached hydrogen (secondary N) is 2. The zero-order valence-electron chi connectivity index (χ0n) is 7.38. The molecule has 2 fully saturated rings. The number of nitrogens with zero attached hydrogens (tertiary/aromatic N) is 1. The molecule has 1 unspecified atom stereocenters. The molecule has 0 aromatic rings. The Kier molecular flexibility index (Phi) is 3.28. The second-order valence-corrected chi connectivity index (χ2v) is 4.55. The first-order valence-electron chi connectivity index (χ1n) is 4.73. The Labute approximate surface area is 78.3 Å². The average Bonchev–Trinajstić information content (AvgIpc) is 2.21. The molecule has 2 N–H and O–H groups in total. The van der Waals surface area contributed by atoms with Gasteiger partial charge in [-0.05, 0) is 0 Å². The molecule has 0 amide bonds. The molecule has 70 valence electrons. The summed E-state index contributed by atoms with van der Waals surface area (Å²) in [6.07, 6.45) is 0.597. The van der Waals surface area contributed by atoms with E-state index in [1.807, 2.05) is 0 Å². The number of hydrogen-bond acceptors (Lipinski definition) is 4. The normalized spacial score (nSPS) is 33.5. The molecule has 0 aliphatic carbocycles. The maximum atomic E-state index is 3.54. The summed E-state index contributed by atoms with van der Waals surface area (Å²) in [4.78, 5) is 2.56. The molecule has 12 heavy (non-hydrogen) atoms. The highest BCUT2D eigenvalue weighted by molar-refractivity contribution is 7.99. The summed E-state index contributed by atoms with van der Waals surface area (Å²) in [5.74, 6) is 2.61. The van der Waals surface area contributed by atoms with Gasteiger partial charge in [0.15, 0.2) is 0 Å². The van der Waals surface area contributed by atoms with Gasteiger partial charge < -0.3 is 5.32 Å². The van der Waals surface area contributed by atoms with Gasteiger partial charge in [0.1, 0.15) is 0 Å². The molecular weight excluding hydrogens is 170 g/mol. The third kappa shape index (κ3) is 2.13. The monoisotopic (exact) mass is 187 g/mol. The van der Waals surface area contributed by atoms with E-state index < -0.39 is 0 Å². The van der Waals surface area contributed by atoms with E-state index in [4.69, 9.17) is 0 Å². The van der Waals surface area contributed by atoms with E-state index in [9.17, 15) is 0 Å². The molecule has 0 aromatic carbocycles. The van der Waals surface area contributed by atoms with Gasteiger partial charge in [-0.2, -0.15) is 11.8 Å². The molecule has 2 saturated heterocycles. The van der Waals surface area contributed by atoms with Crippen LogP contribution in [0.1, 0.15) is 0 Å². The van der Waals surface area contributed by atoms with Crippen LogP contribution in [0, 0.1) is 0 Å². The molecule has 2 aliphatic rings. The Morgan fingerprint density at radius 1 is 1.17 bits per heavy atom. The maximum absolute atomic E-state index is 3.54. The summed E-state index contributed by atoms with van der Waals surface area (Å²) < 4.78 is 0. The lowest BCUT2D eigenvalue weighted by molar-refractivity contribution is 0.162. The van der Waals surface area contributed by atoms with Crippen LogP contribution in [0.15, 0.2) is 0 Å². The fourth-order valence-electron chi connectivity index (χ4n) is 1.79. The molecule has 0 bridgehead atoms. The smallest absolute Gasteiger partial charge is 0.0726 e. The molecular formula is C8H17N3S. The highest BCUT2D eigenvalue weighted by Crippen LogP contribution is 2.11. The van der Waals surface area contributed by atoms with E-state index in [0.717, 1.165) is 19.6 Å². The lowest BCUT2D eigenvalue weighted by Gasteiger charge is -2.37. The summed E-state index contributed by atoms with van der Waals surface area (Å²) in [6, 6.07) is 0. The van der Waals surface area contributed by atoms with Crippen LogP contribution < -0.4 is 10.6 Å². The fourth-order valence-corrected chi connectivity index (χ4v) is 2.72. The minimum Gasteiger partial charge on any atom is -0.313 e. The molecule has 3 nitrogen and oxygen atoms in total. The molecule has 2 heterocycles. The number of thioether (sulfide) groups is 1. The van der Waals surface area contributed by atoms with Crippen molar-refractivity contribution in [3.05, 3.63) is 0 Å². The lowest BCUT2D eigenvalue weighted by atomic mass is 10.3. The van der Waals surface area contributed by atoms with Crippen LogP contribution >= 0.6 is 11.8 Å². The van der Waals surface area contributed by atoms with E-state index in [-0.39, 0.29) is 0 Å². The second kappa shape index (κ2) is 4.46. The molecule has 0 radical (unpaired) electrons. The van der Waals surface area contributed by atoms with E-state index in [0.29, 0.717) is 6.17 Å². The maximum Gasteiger partial charge on any atom is 0.0726 e. The van der Waals surface area contributed by atoms with E-state index in [1.54, 1.807) is 0 Å². The molecule has 1 atom stereocenters. The summed E-state index contributed by atoms with van der Waals surface area (Å²) in [5.41, 5.74) is 0. The molecule has 0 aromatic heterocycles. The first-order valence-corrected chi connectivity index (χ1v) is 5.88. The first kappa shape index (κ1) is 8.81. The fraction of sp³-hybridized carbons (Fsp3) is 1.00. The van der Waals surface area contributed by atoms with Crippen LogP contribution in [0.2, 0.25) is 0 Å². The highest BCUT2D eigenvalue weighted by Gasteiger charge is 2.21. The average molecular weight is 187 g/mol. The van der Waals surface area contributed by atoms with Crippen LogP contribution in [0.25, 0.3) is 0 Å².